The van der Waals surface area contributed by atoms with Crippen molar-refractivity contribution >= 4 is 21.6 Å². The molecule has 1 aliphatic rings. The minimum Gasteiger partial charge on any atom is -0.472 e. The number of sulfone groups is 1. The zero-order chi connectivity index (χ0) is 32.0. The Hall–Kier alpha value is -4.47. The quantitative estimate of drug-likeness (QED) is 0.223. The summed E-state index contributed by atoms with van der Waals surface area (Å²) in [5.74, 6) is 0.252. The number of carbonyl (C=O) groups excluding carboxylic acids is 1. The molecule has 1 amide bonds. The van der Waals surface area contributed by atoms with Gasteiger partial charge in [0.2, 0.25) is 5.88 Å². The second-order valence-corrected chi connectivity index (χ2v) is 12.5. The molecule has 12 nitrogen and oxygen atoms in total. The Bertz CT molecular complexity index is 1660. The SMILES string of the molecule is CCS(=O)(=O)c1ccc([C@H](CO)NC(=O)c2ccc(N3C[C@@H](Oc4ccc(-n5cccn5)cn4)C[C@H]3COC(F)F)nc2)cc1. The maximum atomic E-state index is 13.0. The fourth-order valence-corrected chi connectivity index (χ4v) is 5.88. The van der Waals surface area contributed by atoms with Crippen molar-refractivity contribution < 1.29 is 36.6 Å². The molecule has 1 saturated heterocycles. The van der Waals surface area contributed by atoms with Crippen LogP contribution in [0.2, 0.25) is 0 Å². The van der Waals surface area contributed by atoms with E-state index in [2.05, 4.69) is 25.1 Å². The first kappa shape index (κ1) is 31.9. The molecule has 0 aliphatic carbocycles. The van der Waals surface area contributed by atoms with Crippen molar-refractivity contribution in [3.63, 3.8) is 0 Å². The lowest BCUT2D eigenvalue weighted by molar-refractivity contribution is -0.131. The molecule has 1 aromatic carbocycles. The highest BCUT2D eigenvalue weighted by Gasteiger charge is 2.35. The van der Waals surface area contributed by atoms with Crippen LogP contribution in [-0.4, -0.2) is 83.4 Å². The minimum atomic E-state index is -3.39. The number of carbonyl (C=O) groups is 1. The number of aromatic nitrogens is 4. The standard InChI is InChI=1S/C30H32F2N6O6S/c1-2-45(41,42)25-8-4-20(5-9-25)26(18-39)36-29(40)21-6-10-27(33-15-21)37-17-24(14-23(37)19-43-30(31)32)44-28-11-7-22(16-34-28)38-13-3-12-35-38/h3-13,15-16,23-24,26,30,39H,2,14,17-19H2,1H3,(H,36,40)/t23-,24-,26-/m0/s1. The van der Waals surface area contributed by atoms with Crippen molar-refractivity contribution in [3.8, 4) is 11.6 Å². The molecule has 238 valence electrons. The van der Waals surface area contributed by atoms with Crippen LogP contribution in [0.25, 0.3) is 5.69 Å². The summed E-state index contributed by atoms with van der Waals surface area (Å²) in [5, 5.41) is 16.8. The second kappa shape index (κ2) is 14.1. The molecule has 0 unspecified atom stereocenters. The van der Waals surface area contributed by atoms with Gasteiger partial charge in [0.05, 0.1) is 59.9 Å². The lowest BCUT2D eigenvalue weighted by atomic mass is 10.1. The third kappa shape index (κ3) is 7.79. The summed E-state index contributed by atoms with van der Waals surface area (Å²) < 4.78 is 62.3. The van der Waals surface area contributed by atoms with E-state index < -0.39 is 47.2 Å². The number of pyridine rings is 2. The fourth-order valence-electron chi connectivity index (χ4n) is 4.99. The molecule has 1 fully saturated rings. The van der Waals surface area contributed by atoms with E-state index in [0.717, 1.165) is 5.69 Å². The summed E-state index contributed by atoms with van der Waals surface area (Å²) in [7, 11) is -3.39. The molecule has 3 aromatic heterocycles. The van der Waals surface area contributed by atoms with Crippen molar-refractivity contribution in [2.75, 3.05) is 30.4 Å². The van der Waals surface area contributed by atoms with Gasteiger partial charge in [-0.1, -0.05) is 19.1 Å². The number of hydrogen-bond acceptors (Lipinski definition) is 10. The predicted molar refractivity (Wildman–Crippen MR) is 159 cm³/mol. The van der Waals surface area contributed by atoms with E-state index >= 15 is 0 Å². The first-order chi connectivity index (χ1) is 21.7. The Morgan fingerprint density at radius 2 is 1.91 bits per heavy atom. The van der Waals surface area contributed by atoms with E-state index in [1.165, 1.54) is 24.4 Å². The predicted octanol–water partition coefficient (Wildman–Crippen LogP) is 3.18. The van der Waals surface area contributed by atoms with Gasteiger partial charge in [-0.25, -0.2) is 23.1 Å². The number of benzene rings is 1. The number of aliphatic hydroxyl groups excluding tert-OH is 1. The van der Waals surface area contributed by atoms with Crippen LogP contribution in [0.1, 0.15) is 35.3 Å². The van der Waals surface area contributed by atoms with Crippen molar-refractivity contribution in [1.29, 1.82) is 0 Å². The van der Waals surface area contributed by atoms with Crippen LogP contribution in [0.3, 0.4) is 0 Å². The van der Waals surface area contributed by atoms with Gasteiger partial charge in [-0.15, -0.1) is 0 Å². The summed E-state index contributed by atoms with van der Waals surface area (Å²) in [6.45, 7) is -1.75. The summed E-state index contributed by atoms with van der Waals surface area (Å²) >= 11 is 0. The fraction of sp³-hybridized carbons (Fsp3) is 0.333. The van der Waals surface area contributed by atoms with Gasteiger partial charge in [0, 0.05) is 31.1 Å². The number of hydrogen-bond donors (Lipinski definition) is 2. The molecule has 0 spiro atoms. The highest BCUT2D eigenvalue weighted by molar-refractivity contribution is 7.91. The van der Waals surface area contributed by atoms with Gasteiger partial charge in [0.15, 0.2) is 9.84 Å². The van der Waals surface area contributed by atoms with Crippen LogP contribution in [0, 0.1) is 0 Å². The molecule has 45 heavy (non-hydrogen) atoms. The minimum absolute atomic E-state index is 0.0427. The van der Waals surface area contributed by atoms with Gasteiger partial charge in [-0.05, 0) is 42.0 Å². The van der Waals surface area contributed by atoms with Gasteiger partial charge < -0.3 is 24.8 Å². The number of alkyl halides is 2. The zero-order valence-corrected chi connectivity index (χ0v) is 25.1. The molecule has 0 saturated carbocycles. The molecule has 2 N–H and O–H groups in total. The Morgan fingerprint density at radius 3 is 2.51 bits per heavy atom. The Labute approximate surface area is 258 Å². The second-order valence-electron chi connectivity index (χ2n) is 10.3. The summed E-state index contributed by atoms with van der Waals surface area (Å²) in [6, 6.07) is 13.1. The number of ether oxygens (including phenoxy) is 2. The number of amides is 1. The highest BCUT2D eigenvalue weighted by Crippen LogP contribution is 2.28. The maximum Gasteiger partial charge on any atom is 0.345 e. The zero-order valence-electron chi connectivity index (χ0n) is 24.2. The summed E-state index contributed by atoms with van der Waals surface area (Å²) in [5.41, 5.74) is 1.49. The smallest absolute Gasteiger partial charge is 0.345 e. The van der Waals surface area contributed by atoms with Crippen molar-refractivity contribution in [2.45, 2.75) is 43.0 Å². The number of nitrogens with one attached hydrogen (secondary N) is 1. The number of rotatable bonds is 13. The van der Waals surface area contributed by atoms with Gasteiger partial charge in [-0.2, -0.15) is 13.9 Å². The summed E-state index contributed by atoms with van der Waals surface area (Å²) in [6.07, 6.45) is 6.39. The van der Waals surface area contributed by atoms with Crippen LogP contribution in [0.4, 0.5) is 14.6 Å². The van der Waals surface area contributed by atoms with E-state index in [-0.39, 0.29) is 22.8 Å². The van der Waals surface area contributed by atoms with Gasteiger partial charge in [-0.3, -0.25) is 4.79 Å². The number of halogens is 2. The average molecular weight is 643 g/mol. The average Bonchev–Trinajstić information content (AvgIpc) is 3.74. The Kier molecular flexibility index (Phi) is 10.0. The third-order valence-corrected chi connectivity index (χ3v) is 9.13. The monoisotopic (exact) mass is 642 g/mol. The maximum absolute atomic E-state index is 13.0. The van der Waals surface area contributed by atoms with E-state index in [9.17, 15) is 27.1 Å². The molecular formula is C30H32F2N6O6S. The van der Waals surface area contributed by atoms with E-state index in [4.69, 9.17) is 4.74 Å². The Balaban J connectivity index is 1.24. The molecule has 0 radical (unpaired) electrons. The number of aliphatic hydroxyl groups is 1. The van der Waals surface area contributed by atoms with Crippen LogP contribution < -0.4 is 15.0 Å². The van der Waals surface area contributed by atoms with Crippen molar-refractivity contribution in [2.24, 2.45) is 0 Å². The van der Waals surface area contributed by atoms with Gasteiger partial charge in [0.1, 0.15) is 11.9 Å². The van der Waals surface area contributed by atoms with Crippen molar-refractivity contribution in [1.82, 2.24) is 25.1 Å². The Morgan fingerprint density at radius 1 is 1.11 bits per heavy atom. The van der Waals surface area contributed by atoms with E-state index in [0.29, 0.717) is 30.2 Å². The van der Waals surface area contributed by atoms with E-state index in [1.54, 1.807) is 71.5 Å². The third-order valence-electron chi connectivity index (χ3n) is 7.38. The lowest BCUT2D eigenvalue weighted by Gasteiger charge is -2.25. The van der Waals surface area contributed by atoms with Crippen LogP contribution in [0.15, 0.2) is 84.3 Å². The normalized spacial score (nSPS) is 17.4. The van der Waals surface area contributed by atoms with Crippen LogP contribution >= 0.6 is 0 Å². The van der Waals surface area contributed by atoms with Crippen molar-refractivity contribution in [3.05, 3.63) is 90.5 Å². The molecule has 4 heterocycles. The number of anilines is 1. The van der Waals surface area contributed by atoms with Crippen LogP contribution in [-0.2, 0) is 14.6 Å². The first-order valence-corrected chi connectivity index (χ1v) is 15.8. The molecule has 5 rings (SSSR count). The summed E-state index contributed by atoms with van der Waals surface area (Å²) in [4.78, 5) is 23.7. The molecule has 3 atom stereocenters. The molecule has 4 aromatic rings. The molecule has 0 bridgehead atoms. The lowest BCUT2D eigenvalue weighted by Crippen LogP contribution is -2.35. The van der Waals surface area contributed by atoms with E-state index in [1.807, 2.05) is 0 Å². The van der Waals surface area contributed by atoms with Gasteiger partial charge in [0.25, 0.3) is 5.91 Å². The molecule has 1 aliphatic heterocycles. The first-order valence-electron chi connectivity index (χ1n) is 14.2. The topological polar surface area (TPSA) is 149 Å². The highest BCUT2D eigenvalue weighted by atomic mass is 32.2. The molecule has 15 heteroatoms. The molecular weight excluding hydrogens is 610 g/mol. The number of nitrogens with zero attached hydrogens (tertiary/aromatic N) is 5. The largest absolute Gasteiger partial charge is 0.472 e. The van der Waals surface area contributed by atoms with Gasteiger partial charge >= 0.3 is 6.61 Å². The van der Waals surface area contributed by atoms with Crippen LogP contribution in [0.5, 0.6) is 5.88 Å².